The monoisotopic (exact) mass is 370 g/mol. The third-order valence-corrected chi connectivity index (χ3v) is 4.92. The molecule has 2 amide bonds. The Morgan fingerprint density at radius 2 is 1.81 bits per heavy atom. The summed E-state index contributed by atoms with van der Waals surface area (Å²) in [5.41, 5.74) is 2.09. The van der Waals surface area contributed by atoms with Crippen LogP contribution in [0.25, 0.3) is 0 Å². The molecule has 6 heteroatoms. The van der Waals surface area contributed by atoms with Crippen molar-refractivity contribution in [3.05, 3.63) is 53.5 Å². The van der Waals surface area contributed by atoms with E-state index >= 15 is 0 Å². The van der Waals surface area contributed by atoms with Gasteiger partial charge < -0.3 is 19.0 Å². The average Bonchev–Trinajstić information content (AvgIpc) is 3.22. The van der Waals surface area contributed by atoms with E-state index in [1.54, 1.807) is 24.1 Å². The van der Waals surface area contributed by atoms with E-state index in [4.69, 9.17) is 9.15 Å². The van der Waals surface area contributed by atoms with Gasteiger partial charge in [0.2, 0.25) is 5.91 Å². The summed E-state index contributed by atoms with van der Waals surface area (Å²) in [4.78, 5) is 28.5. The Labute approximate surface area is 159 Å². The van der Waals surface area contributed by atoms with Crippen LogP contribution in [-0.4, -0.2) is 54.9 Å². The summed E-state index contributed by atoms with van der Waals surface area (Å²) in [7, 11) is 1.66. The summed E-state index contributed by atoms with van der Waals surface area (Å²) < 4.78 is 10.6. The van der Waals surface area contributed by atoms with Crippen molar-refractivity contribution < 1.29 is 18.7 Å². The molecule has 6 nitrogen and oxygen atoms in total. The third-order valence-electron chi connectivity index (χ3n) is 4.92. The molecule has 1 fully saturated rings. The first-order chi connectivity index (χ1) is 13.0. The SMILES string of the molecule is COc1ccc(CC(=O)N2CCN(C(=O)c3ccco3)CC2)cc1C(C)C. The first-order valence-electron chi connectivity index (χ1n) is 9.27. The number of hydrogen-bond donors (Lipinski definition) is 0. The minimum Gasteiger partial charge on any atom is -0.496 e. The number of carbonyl (C=O) groups excluding carboxylic acids is 2. The van der Waals surface area contributed by atoms with E-state index in [-0.39, 0.29) is 11.8 Å². The summed E-state index contributed by atoms with van der Waals surface area (Å²) in [6.45, 7) is 6.34. The minimum absolute atomic E-state index is 0.0833. The van der Waals surface area contributed by atoms with Gasteiger partial charge >= 0.3 is 0 Å². The normalized spacial score (nSPS) is 14.5. The van der Waals surface area contributed by atoms with Crippen LogP contribution in [0.1, 0.15) is 41.4 Å². The Hall–Kier alpha value is -2.76. The Morgan fingerprint density at radius 3 is 2.41 bits per heavy atom. The molecule has 0 radical (unpaired) electrons. The molecular weight excluding hydrogens is 344 g/mol. The lowest BCUT2D eigenvalue weighted by Gasteiger charge is -2.34. The maximum atomic E-state index is 12.7. The second kappa shape index (κ2) is 8.29. The molecule has 0 N–H and O–H groups in total. The molecule has 0 aliphatic carbocycles. The summed E-state index contributed by atoms with van der Waals surface area (Å²) in [6.07, 6.45) is 1.85. The fourth-order valence-electron chi connectivity index (χ4n) is 3.35. The Kier molecular flexibility index (Phi) is 5.84. The van der Waals surface area contributed by atoms with E-state index in [1.807, 2.05) is 17.0 Å². The van der Waals surface area contributed by atoms with Gasteiger partial charge in [-0.15, -0.1) is 0 Å². The number of nitrogens with zero attached hydrogens (tertiary/aromatic N) is 2. The van der Waals surface area contributed by atoms with Gasteiger partial charge in [-0.3, -0.25) is 9.59 Å². The van der Waals surface area contributed by atoms with Crippen LogP contribution in [-0.2, 0) is 11.2 Å². The standard InChI is InChI=1S/C21H26N2O4/c1-15(2)17-13-16(6-7-18(17)26-3)14-20(24)22-8-10-23(11-9-22)21(25)19-5-4-12-27-19/h4-7,12-13,15H,8-11,14H2,1-3H3. The van der Waals surface area contributed by atoms with Crippen molar-refractivity contribution in [2.45, 2.75) is 26.2 Å². The van der Waals surface area contributed by atoms with Gasteiger partial charge in [-0.05, 0) is 35.2 Å². The molecule has 27 heavy (non-hydrogen) atoms. The Bertz CT molecular complexity index is 791. The fourth-order valence-corrected chi connectivity index (χ4v) is 3.35. The van der Waals surface area contributed by atoms with Gasteiger partial charge in [-0.1, -0.05) is 26.0 Å². The van der Waals surface area contributed by atoms with E-state index < -0.39 is 0 Å². The number of ether oxygens (including phenoxy) is 1. The molecule has 1 aliphatic heterocycles. The number of methoxy groups -OCH3 is 1. The number of hydrogen-bond acceptors (Lipinski definition) is 4. The van der Waals surface area contributed by atoms with Crippen molar-refractivity contribution in [2.75, 3.05) is 33.3 Å². The van der Waals surface area contributed by atoms with Gasteiger partial charge in [-0.25, -0.2) is 0 Å². The lowest BCUT2D eigenvalue weighted by Crippen LogP contribution is -2.50. The quantitative estimate of drug-likeness (QED) is 0.812. The molecule has 144 valence electrons. The van der Waals surface area contributed by atoms with Gasteiger partial charge in [0, 0.05) is 26.2 Å². The number of amides is 2. The second-order valence-corrected chi connectivity index (χ2v) is 7.06. The zero-order valence-corrected chi connectivity index (χ0v) is 16.1. The molecular formula is C21H26N2O4. The average molecular weight is 370 g/mol. The van der Waals surface area contributed by atoms with Gasteiger partial charge in [0.1, 0.15) is 5.75 Å². The van der Waals surface area contributed by atoms with Crippen molar-refractivity contribution in [2.24, 2.45) is 0 Å². The van der Waals surface area contributed by atoms with Crippen LogP contribution >= 0.6 is 0 Å². The first kappa shape index (κ1) is 19.0. The largest absolute Gasteiger partial charge is 0.496 e. The van der Waals surface area contributed by atoms with Gasteiger partial charge in [0.15, 0.2) is 5.76 Å². The van der Waals surface area contributed by atoms with Crippen molar-refractivity contribution in [3.8, 4) is 5.75 Å². The summed E-state index contributed by atoms with van der Waals surface area (Å²) in [6, 6.07) is 9.29. The van der Waals surface area contributed by atoms with E-state index in [1.165, 1.54) is 6.26 Å². The van der Waals surface area contributed by atoms with Crippen LogP contribution in [0.3, 0.4) is 0 Å². The van der Waals surface area contributed by atoms with Crippen LogP contribution in [0.4, 0.5) is 0 Å². The molecule has 0 bridgehead atoms. The van der Waals surface area contributed by atoms with Crippen molar-refractivity contribution in [3.63, 3.8) is 0 Å². The maximum Gasteiger partial charge on any atom is 0.289 e. The molecule has 0 spiro atoms. The highest BCUT2D eigenvalue weighted by Gasteiger charge is 2.26. The third kappa shape index (κ3) is 4.32. The number of piperazine rings is 1. The second-order valence-electron chi connectivity index (χ2n) is 7.06. The molecule has 1 aromatic heterocycles. The Morgan fingerprint density at radius 1 is 1.11 bits per heavy atom. The molecule has 3 rings (SSSR count). The fraction of sp³-hybridized carbons (Fsp3) is 0.429. The molecule has 0 saturated carbocycles. The predicted molar refractivity (Wildman–Crippen MR) is 102 cm³/mol. The van der Waals surface area contributed by atoms with Crippen LogP contribution in [0.15, 0.2) is 41.0 Å². The lowest BCUT2D eigenvalue weighted by atomic mass is 9.98. The first-order valence-corrected chi connectivity index (χ1v) is 9.27. The molecule has 2 heterocycles. The number of furan rings is 1. The van der Waals surface area contributed by atoms with Crippen molar-refractivity contribution in [1.82, 2.24) is 9.80 Å². The summed E-state index contributed by atoms with van der Waals surface area (Å²) in [5.74, 6) is 1.48. The lowest BCUT2D eigenvalue weighted by molar-refractivity contribution is -0.131. The number of benzene rings is 1. The molecule has 2 aromatic rings. The zero-order valence-electron chi connectivity index (χ0n) is 16.1. The van der Waals surface area contributed by atoms with Crippen LogP contribution in [0.2, 0.25) is 0 Å². The number of carbonyl (C=O) groups is 2. The van der Waals surface area contributed by atoms with E-state index in [9.17, 15) is 9.59 Å². The van der Waals surface area contributed by atoms with Gasteiger partial charge in [0.05, 0.1) is 19.8 Å². The summed E-state index contributed by atoms with van der Waals surface area (Å²) in [5, 5.41) is 0. The molecule has 1 saturated heterocycles. The molecule has 1 aliphatic rings. The topological polar surface area (TPSA) is 63.0 Å². The van der Waals surface area contributed by atoms with E-state index in [0.29, 0.717) is 44.3 Å². The Balaban J connectivity index is 1.58. The molecule has 0 atom stereocenters. The maximum absolute atomic E-state index is 12.7. The van der Waals surface area contributed by atoms with Crippen LogP contribution < -0.4 is 4.74 Å². The highest BCUT2D eigenvalue weighted by Crippen LogP contribution is 2.27. The molecule has 0 unspecified atom stereocenters. The number of rotatable bonds is 5. The zero-order chi connectivity index (χ0) is 19.4. The van der Waals surface area contributed by atoms with Crippen LogP contribution in [0, 0.1) is 0 Å². The van der Waals surface area contributed by atoms with E-state index in [2.05, 4.69) is 19.9 Å². The van der Waals surface area contributed by atoms with Crippen molar-refractivity contribution in [1.29, 1.82) is 0 Å². The smallest absolute Gasteiger partial charge is 0.289 e. The molecule has 1 aromatic carbocycles. The minimum atomic E-state index is -0.121. The van der Waals surface area contributed by atoms with Crippen molar-refractivity contribution >= 4 is 11.8 Å². The van der Waals surface area contributed by atoms with Gasteiger partial charge in [-0.2, -0.15) is 0 Å². The van der Waals surface area contributed by atoms with Gasteiger partial charge in [0.25, 0.3) is 5.91 Å². The van der Waals surface area contributed by atoms with E-state index in [0.717, 1.165) is 16.9 Å². The van der Waals surface area contributed by atoms with Crippen LogP contribution in [0.5, 0.6) is 5.75 Å². The highest BCUT2D eigenvalue weighted by atomic mass is 16.5. The predicted octanol–water partition coefficient (Wildman–Crippen LogP) is 2.94. The highest BCUT2D eigenvalue weighted by molar-refractivity contribution is 5.91. The summed E-state index contributed by atoms with van der Waals surface area (Å²) >= 11 is 0.